The van der Waals surface area contributed by atoms with E-state index in [0.717, 1.165) is 50.2 Å². The van der Waals surface area contributed by atoms with Crippen molar-refractivity contribution in [3.05, 3.63) is 81.6 Å². The largest absolute Gasteiger partial charge is 0.349 e. The van der Waals surface area contributed by atoms with Crippen molar-refractivity contribution >= 4 is 29.1 Å². The predicted octanol–water partition coefficient (Wildman–Crippen LogP) is 5.95. The number of hydrogen-bond acceptors (Lipinski definition) is 3. The first kappa shape index (κ1) is 25.7. The minimum absolute atomic E-state index is 0.0487. The smallest absolute Gasteiger partial charge is 0.234 e. The number of aromatic nitrogens is 2. The molecule has 1 aliphatic rings. The zero-order valence-electron chi connectivity index (χ0n) is 20.5. The second-order valence-electron chi connectivity index (χ2n) is 9.92. The summed E-state index contributed by atoms with van der Waals surface area (Å²) in [7, 11) is 0. The number of nitrogens with zero attached hydrogens (tertiary/aromatic N) is 3. The fraction of sp³-hybridized carbons (Fsp3) is 0.429. The van der Waals surface area contributed by atoms with Gasteiger partial charge < -0.3 is 5.32 Å². The van der Waals surface area contributed by atoms with E-state index in [2.05, 4.69) is 48.3 Å². The van der Waals surface area contributed by atoms with Crippen molar-refractivity contribution in [3.8, 4) is 5.69 Å². The van der Waals surface area contributed by atoms with Gasteiger partial charge in [0.2, 0.25) is 5.91 Å². The monoisotopic (exact) mass is 512 g/mol. The van der Waals surface area contributed by atoms with Crippen LogP contribution in [0.4, 0.5) is 0 Å². The van der Waals surface area contributed by atoms with Gasteiger partial charge in [0, 0.05) is 5.69 Å². The molecule has 0 atom stereocenters. The molecule has 3 aromatic rings. The Balaban J connectivity index is 1.26. The van der Waals surface area contributed by atoms with E-state index in [0.29, 0.717) is 35.0 Å². The van der Waals surface area contributed by atoms with E-state index in [1.807, 2.05) is 35.0 Å². The summed E-state index contributed by atoms with van der Waals surface area (Å²) in [5.41, 5.74) is 4.32. The molecule has 1 aromatic heterocycles. The van der Waals surface area contributed by atoms with Gasteiger partial charge in [0.1, 0.15) is 0 Å². The van der Waals surface area contributed by atoms with Crippen LogP contribution in [-0.4, -0.2) is 40.2 Å². The average Bonchev–Trinajstić information content (AvgIpc) is 3.24. The lowest BCUT2D eigenvalue weighted by molar-refractivity contribution is -0.122. The first-order valence-corrected chi connectivity index (χ1v) is 13.2. The van der Waals surface area contributed by atoms with E-state index in [9.17, 15) is 4.79 Å². The molecule has 0 unspecified atom stereocenters. The van der Waals surface area contributed by atoms with Gasteiger partial charge in [-0.1, -0.05) is 61.3 Å². The molecule has 0 aliphatic carbocycles. The Labute approximate surface area is 218 Å². The van der Waals surface area contributed by atoms with Crippen LogP contribution in [-0.2, 0) is 24.2 Å². The molecule has 0 radical (unpaired) electrons. The number of benzene rings is 2. The van der Waals surface area contributed by atoms with Gasteiger partial charge >= 0.3 is 0 Å². The Hall–Kier alpha value is -2.34. The first-order chi connectivity index (χ1) is 16.9. The molecule has 7 heteroatoms. The molecule has 5 nitrogen and oxygen atoms in total. The Morgan fingerprint density at radius 3 is 2.49 bits per heavy atom. The summed E-state index contributed by atoms with van der Waals surface area (Å²) in [6, 6.07) is 18.2. The third-order valence-corrected chi connectivity index (χ3v) is 7.24. The second kappa shape index (κ2) is 12.1. The summed E-state index contributed by atoms with van der Waals surface area (Å²) in [6.07, 6.45) is 4.09. The molecule has 1 amide bonds. The molecule has 35 heavy (non-hydrogen) atoms. The number of carbonyl (C=O) groups excluding carboxylic acids is 1. The lowest BCUT2D eigenvalue weighted by Gasteiger charge is -2.31. The SMILES string of the molecule is CC(C)Cc1cc(CNC(=O)CN2CCC(Cc3ccc(Cl)c(Cl)c3)CC2)nn1-c1ccccc1. The fourth-order valence-electron chi connectivity index (χ4n) is 4.71. The molecule has 1 aliphatic heterocycles. The number of halogens is 2. The van der Waals surface area contributed by atoms with E-state index in [1.54, 1.807) is 0 Å². The Kier molecular flexibility index (Phi) is 8.88. The van der Waals surface area contributed by atoms with Gasteiger partial charge in [0.25, 0.3) is 0 Å². The summed E-state index contributed by atoms with van der Waals surface area (Å²) in [4.78, 5) is 14.9. The van der Waals surface area contributed by atoms with Crippen LogP contribution in [0.15, 0.2) is 54.6 Å². The average molecular weight is 514 g/mol. The van der Waals surface area contributed by atoms with Crippen molar-refractivity contribution in [1.82, 2.24) is 20.0 Å². The maximum absolute atomic E-state index is 12.7. The van der Waals surface area contributed by atoms with Gasteiger partial charge in [0.05, 0.1) is 34.5 Å². The standard InChI is InChI=1S/C28H34Cl2N4O/c1-20(2)14-25-17-23(32-34(25)24-6-4-3-5-7-24)18-31-28(35)19-33-12-10-21(11-13-33)15-22-8-9-26(29)27(30)16-22/h3-9,16-17,20-21H,10-15,18-19H2,1-2H3,(H,31,35). The van der Waals surface area contributed by atoms with Gasteiger partial charge in [0.15, 0.2) is 0 Å². The number of para-hydroxylation sites is 1. The van der Waals surface area contributed by atoms with Crippen LogP contribution in [0.3, 0.4) is 0 Å². The lowest BCUT2D eigenvalue weighted by Crippen LogP contribution is -2.41. The molecule has 0 saturated carbocycles. The normalized spacial score (nSPS) is 15.0. The van der Waals surface area contributed by atoms with E-state index >= 15 is 0 Å². The van der Waals surface area contributed by atoms with Crippen LogP contribution in [0.1, 0.15) is 43.6 Å². The highest BCUT2D eigenvalue weighted by molar-refractivity contribution is 6.42. The molecule has 2 heterocycles. The topological polar surface area (TPSA) is 50.2 Å². The Morgan fingerprint density at radius 1 is 1.06 bits per heavy atom. The number of carbonyl (C=O) groups is 1. The van der Waals surface area contributed by atoms with Crippen LogP contribution in [0, 0.1) is 11.8 Å². The summed E-state index contributed by atoms with van der Waals surface area (Å²) < 4.78 is 2.00. The molecule has 0 spiro atoms. The van der Waals surface area contributed by atoms with E-state index in [1.165, 1.54) is 11.3 Å². The molecule has 0 bridgehead atoms. The van der Waals surface area contributed by atoms with Crippen LogP contribution in [0.25, 0.3) is 5.69 Å². The highest BCUT2D eigenvalue weighted by Crippen LogP contribution is 2.27. The lowest BCUT2D eigenvalue weighted by atomic mass is 9.90. The number of rotatable bonds is 9. The van der Waals surface area contributed by atoms with Crippen molar-refractivity contribution in [1.29, 1.82) is 0 Å². The number of nitrogens with one attached hydrogen (secondary N) is 1. The van der Waals surface area contributed by atoms with Crippen molar-refractivity contribution < 1.29 is 4.79 Å². The summed E-state index contributed by atoms with van der Waals surface area (Å²) >= 11 is 12.2. The molecule has 4 rings (SSSR count). The van der Waals surface area contributed by atoms with E-state index in [4.69, 9.17) is 28.3 Å². The quantitative estimate of drug-likeness (QED) is 0.385. The van der Waals surface area contributed by atoms with E-state index in [-0.39, 0.29) is 5.91 Å². The van der Waals surface area contributed by atoms with Crippen molar-refractivity contribution in [2.45, 2.75) is 46.1 Å². The molecule has 1 N–H and O–H groups in total. The predicted molar refractivity (Wildman–Crippen MR) is 143 cm³/mol. The summed E-state index contributed by atoms with van der Waals surface area (Å²) in [5, 5.41) is 9.07. The minimum Gasteiger partial charge on any atom is -0.349 e. The zero-order valence-corrected chi connectivity index (χ0v) is 22.0. The third kappa shape index (κ3) is 7.33. The van der Waals surface area contributed by atoms with Crippen LogP contribution in [0.2, 0.25) is 10.0 Å². The van der Waals surface area contributed by atoms with E-state index < -0.39 is 0 Å². The first-order valence-electron chi connectivity index (χ1n) is 12.4. The third-order valence-electron chi connectivity index (χ3n) is 6.50. The van der Waals surface area contributed by atoms with Gasteiger partial charge in [-0.05, 0) is 86.5 Å². The highest BCUT2D eigenvalue weighted by Gasteiger charge is 2.21. The van der Waals surface area contributed by atoms with Gasteiger partial charge in [-0.25, -0.2) is 4.68 Å². The number of piperidine rings is 1. The number of amides is 1. The van der Waals surface area contributed by atoms with Crippen molar-refractivity contribution in [2.24, 2.45) is 11.8 Å². The van der Waals surface area contributed by atoms with Crippen molar-refractivity contribution in [3.63, 3.8) is 0 Å². The molecule has 186 valence electrons. The minimum atomic E-state index is 0.0487. The zero-order chi connectivity index (χ0) is 24.8. The molecule has 1 saturated heterocycles. The van der Waals surface area contributed by atoms with Crippen molar-refractivity contribution in [2.75, 3.05) is 19.6 Å². The van der Waals surface area contributed by atoms with Gasteiger partial charge in [-0.3, -0.25) is 9.69 Å². The number of likely N-dealkylation sites (tertiary alicyclic amines) is 1. The molecule has 1 fully saturated rings. The molecule has 2 aromatic carbocycles. The van der Waals surface area contributed by atoms with Gasteiger partial charge in [-0.15, -0.1) is 0 Å². The van der Waals surface area contributed by atoms with Crippen LogP contribution >= 0.6 is 23.2 Å². The maximum Gasteiger partial charge on any atom is 0.234 e. The Bertz CT molecular complexity index is 1120. The maximum atomic E-state index is 12.7. The second-order valence-corrected chi connectivity index (χ2v) is 10.7. The van der Waals surface area contributed by atoms with Crippen LogP contribution in [0.5, 0.6) is 0 Å². The van der Waals surface area contributed by atoms with Gasteiger partial charge in [-0.2, -0.15) is 5.10 Å². The highest BCUT2D eigenvalue weighted by atomic mass is 35.5. The fourth-order valence-corrected chi connectivity index (χ4v) is 5.04. The number of hydrogen-bond donors (Lipinski definition) is 1. The molecular formula is C28H34Cl2N4O. The summed E-state index contributed by atoms with van der Waals surface area (Å²) in [6.45, 7) is 7.14. The summed E-state index contributed by atoms with van der Waals surface area (Å²) in [5.74, 6) is 1.18. The Morgan fingerprint density at radius 2 is 1.80 bits per heavy atom. The van der Waals surface area contributed by atoms with Crippen LogP contribution < -0.4 is 5.32 Å². The molecular weight excluding hydrogens is 479 g/mol.